The molecule has 0 spiro atoms. The molecule has 2 aliphatic carbocycles. The van der Waals surface area contributed by atoms with Crippen LogP contribution in [0.5, 0.6) is 0 Å². The second kappa shape index (κ2) is 8.07. The summed E-state index contributed by atoms with van der Waals surface area (Å²) in [5.41, 5.74) is 1.72. The summed E-state index contributed by atoms with van der Waals surface area (Å²) in [7, 11) is 0.168. The highest BCUT2D eigenvalue weighted by Gasteiger charge is 2.31. The minimum atomic E-state index is -1.35. The van der Waals surface area contributed by atoms with Crippen LogP contribution in [-0.4, -0.2) is 9.52 Å². The normalized spacial score (nSPS) is 31.7. The Labute approximate surface area is 146 Å². The quantitative estimate of drug-likeness (QED) is 0.462. The van der Waals surface area contributed by atoms with E-state index in [2.05, 4.69) is 6.92 Å². The summed E-state index contributed by atoms with van der Waals surface area (Å²) < 4.78 is 40.0. The first-order valence-corrected chi connectivity index (χ1v) is 11.5. The number of benzene rings is 1. The van der Waals surface area contributed by atoms with E-state index >= 15 is 0 Å². The average Bonchev–Trinajstić information content (AvgIpc) is 2.60. The molecular formula is C20H29F3Si. The Morgan fingerprint density at radius 2 is 1.33 bits per heavy atom. The van der Waals surface area contributed by atoms with Gasteiger partial charge in [-0.1, -0.05) is 44.2 Å². The highest BCUT2D eigenvalue weighted by molar-refractivity contribution is 6.37. The van der Waals surface area contributed by atoms with E-state index in [9.17, 15) is 13.2 Å². The van der Waals surface area contributed by atoms with E-state index in [0.717, 1.165) is 43.1 Å². The van der Waals surface area contributed by atoms with Crippen LogP contribution in [0.2, 0.25) is 11.6 Å². The van der Waals surface area contributed by atoms with Crippen LogP contribution < -0.4 is 0 Å². The zero-order chi connectivity index (χ0) is 17.1. The van der Waals surface area contributed by atoms with Crippen LogP contribution in [0.25, 0.3) is 0 Å². The third kappa shape index (κ3) is 4.06. The van der Waals surface area contributed by atoms with Gasteiger partial charge in [-0.05, 0) is 61.1 Å². The zero-order valence-corrected chi connectivity index (χ0v) is 16.1. The van der Waals surface area contributed by atoms with E-state index in [-0.39, 0.29) is 15.4 Å². The summed E-state index contributed by atoms with van der Waals surface area (Å²) in [6.45, 7) is 2.33. The average molecular weight is 355 g/mol. The summed E-state index contributed by atoms with van der Waals surface area (Å²) in [6.07, 6.45) is 9.97. The lowest BCUT2D eigenvalue weighted by Crippen LogP contribution is -2.25. The van der Waals surface area contributed by atoms with Gasteiger partial charge in [-0.25, -0.2) is 13.2 Å². The van der Waals surface area contributed by atoms with Gasteiger partial charge in [-0.2, -0.15) is 0 Å². The molecule has 134 valence electrons. The van der Waals surface area contributed by atoms with Gasteiger partial charge in [0.2, 0.25) is 0 Å². The molecule has 2 saturated carbocycles. The van der Waals surface area contributed by atoms with Gasteiger partial charge in [0.15, 0.2) is 17.5 Å². The molecule has 0 aromatic heterocycles. The largest absolute Gasteiger partial charge is 0.204 e. The molecule has 2 aliphatic rings. The summed E-state index contributed by atoms with van der Waals surface area (Å²) >= 11 is 0. The second-order valence-electron chi connectivity index (χ2n) is 7.98. The summed E-state index contributed by atoms with van der Waals surface area (Å²) in [5, 5.41) is 0. The van der Waals surface area contributed by atoms with Gasteiger partial charge in [0.1, 0.15) is 0 Å². The van der Waals surface area contributed by atoms with Gasteiger partial charge >= 0.3 is 0 Å². The highest BCUT2D eigenvalue weighted by atomic mass is 28.2. The predicted octanol–water partition coefficient (Wildman–Crippen LogP) is 5.96. The number of hydrogen-bond acceptors (Lipinski definition) is 0. The molecule has 0 unspecified atom stereocenters. The molecule has 1 aromatic carbocycles. The van der Waals surface area contributed by atoms with Crippen LogP contribution in [0.4, 0.5) is 13.2 Å². The second-order valence-corrected chi connectivity index (χ2v) is 10.7. The van der Waals surface area contributed by atoms with Gasteiger partial charge in [0, 0.05) is 9.52 Å². The van der Waals surface area contributed by atoms with Gasteiger partial charge in [0.25, 0.3) is 0 Å². The maximum atomic E-state index is 13.5. The molecule has 0 atom stereocenters. The van der Waals surface area contributed by atoms with E-state index in [4.69, 9.17) is 0 Å². The van der Waals surface area contributed by atoms with E-state index in [0.29, 0.717) is 5.56 Å². The van der Waals surface area contributed by atoms with Crippen LogP contribution in [0.3, 0.4) is 0 Å². The Bertz CT molecular complexity index is 521. The van der Waals surface area contributed by atoms with Crippen molar-refractivity contribution in [2.75, 3.05) is 0 Å². The molecule has 2 fully saturated rings. The molecule has 0 amide bonds. The first-order chi connectivity index (χ1) is 11.6. The lowest BCUT2D eigenvalue weighted by atomic mass is 9.70. The Balaban J connectivity index is 1.53. The topological polar surface area (TPSA) is 0 Å². The van der Waals surface area contributed by atoms with Crippen LogP contribution in [0.1, 0.15) is 69.8 Å². The fourth-order valence-corrected chi connectivity index (χ4v) is 6.96. The fourth-order valence-electron chi connectivity index (χ4n) is 5.09. The van der Waals surface area contributed by atoms with E-state index in [1.165, 1.54) is 43.9 Å². The van der Waals surface area contributed by atoms with E-state index in [1.54, 1.807) is 0 Å². The third-order valence-electron chi connectivity index (χ3n) is 6.50. The minimum absolute atomic E-state index is 0.168. The standard InChI is InChI=1S/C20H29F3Si/c1-2-24-17-9-7-14(8-10-17)13-3-5-15(6-4-13)16-11-18(21)20(23)19(22)12-16/h11-15,17H,2-10,24H2,1H3/t13-,14?,15-,17?. The maximum absolute atomic E-state index is 13.5. The minimum Gasteiger partial charge on any atom is -0.204 e. The summed E-state index contributed by atoms with van der Waals surface area (Å²) in [4.78, 5) is 0. The Hall–Kier alpha value is -0.773. The van der Waals surface area contributed by atoms with Gasteiger partial charge in [-0.15, -0.1) is 0 Å². The molecule has 3 rings (SSSR count). The first-order valence-electron chi connectivity index (χ1n) is 9.72. The first kappa shape index (κ1) is 18.0. The van der Waals surface area contributed by atoms with Gasteiger partial charge in [-0.3, -0.25) is 0 Å². The Kier molecular flexibility index (Phi) is 6.06. The molecule has 0 bridgehead atoms. The number of hydrogen-bond donors (Lipinski definition) is 0. The van der Waals surface area contributed by atoms with Crippen molar-refractivity contribution < 1.29 is 13.2 Å². The van der Waals surface area contributed by atoms with Crippen LogP contribution in [-0.2, 0) is 0 Å². The molecule has 4 heteroatoms. The van der Waals surface area contributed by atoms with Crippen molar-refractivity contribution in [3.63, 3.8) is 0 Å². The van der Waals surface area contributed by atoms with Crippen molar-refractivity contribution in [1.29, 1.82) is 0 Å². The Morgan fingerprint density at radius 3 is 1.83 bits per heavy atom. The van der Waals surface area contributed by atoms with E-state index < -0.39 is 17.5 Å². The number of halogens is 3. The van der Waals surface area contributed by atoms with Crippen LogP contribution in [0.15, 0.2) is 12.1 Å². The molecule has 0 heterocycles. The maximum Gasteiger partial charge on any atom is 0.194 e. The predicted molar refractivity (Wildman–Crippen MR) is 95.7 cm³/mol. The lowest BCUT2D eigenvalue weighted by Gasteiger charge is -2.38. The van der Waals surface area contributed by atoms with Gasteiger partial charge in [0.05, 0.1) is 0 Å². The number of rotatable bonds is 4. The molecule has 0 radical (unpaired) electrons. The van der Waals surface area contributed by atoms with Crippen molar-refractivity contribution in [3.8, 4) is 0 Å². The monoisotopic (exact) mass is 354 g/mol. The molecule has 24 heavy (non-hydrogen) atoms. The summed E-state index contributed by atoms with van der Waals surface area (Å²) in [5.74, 6) is -1.60. The molecule has 0 aliphatic heterocycles. The SMILES string of the molecule is CC[SiH2]C1CCC([C@H]2CC[C@H](c3cc(F)c(F)c(F)c3)CC2)CC1. The van der Waals surface area contributed by atoms with Crippen molar-refractivity contribution in [2.24, 2.45) is 11.8 Å². The van der Waals surface area contributed by atoms with Crippen molar-refractivity contribution in [3.05, 3.63) is 35.1 Å². The third-order valence-corrected chi connectivity index (χ3v) is 8.71. The van der Waals surface area contributed by atoms with E-state index in [1.807, 2.05) is 0 Å². The van der Waals surface area contributed by atoms with Crippen molar-refractivity contribution >= 4 is 9.52 Å². The van der Waals surface area contributed by atoms with Crippen LogP contribution in [0, 0.1) is 29.3 Å². The lowest BCUT2D eigenvalue weighted by molar-refractivity contribution is 0.185. The highest BCUT2D eigenvalue weighted by Crippen LogP contribution is 2.45. The molecule has 1 aromatic rings. The molecule has 0 saturated heterocycles. The molecular weight excluding hydrogens is 325 g/mol. The fraction of sp³-hybridized carbons (Fsp3) is 0.700. The molecule has 0 N–H and O–H groups in total. The molecule has 0 nitrogen and oxygen atoms in total. The van der Waals surface area contributed by atoms with Gasteiger partial charge < -0.3 is 0 Å². The van der Waals surface area contributed by atoms with Crippen LogP contribution >= 0.6 is 0 Å². The van der Waals surface area contributed by atoms with Crippen molar-refractivity contribution in [1.82, 2.24) is 0 Å². The van der Waals surface area contributed by atoms with Crippen molar-refractivity contribution in [2.45, 2.75) is 75.8 Å². The zero-order valence-electron chi connectivity index (χ0n) is 14.7. The smallest absolute Gasteiger partial charge is 0.194 e. The Morgan fingerprint density at radius 1 is 0.833 bits per heavy atom. The summed E-state index contributed by atoms with van der Waals surface area (Å²) in [6, 6.07) is 3.83.